The lowest BCUT2D eigenvalue weighted by Crippen LogP contribution is -2.05. The van der Waals surface area contributed by atoms with E-state index in [0.717, 1.165) is 5.69 Å². The van der Waals surface area contributed by atoms with E-state index < -0.39 is 0 Å². The summed E-state index contributed by atoms with van der Waals surface area (Å²) >= 11 is 0. The molecule has 2 aromatic heterocycles. The summed E-state index contributed by atoms with van der Waals surface area (Å²) in [4.78, 5) is 4.22. The average molecular weight is 212 g/mol. The molecule has 0 aliphatic rings. The van der Waals surface area contributed by atoms with E-state index in [4.69, 9.17) is 0 Å². The first-order valence-corrected chi connectivity index (χ1v) is 4.77. The monoisotopic (exact) mass is 212 g/mol. The van der Waals surface area contributed by atoms with Gasteiger partial charge in [0.25, 0.3) is 0 Å². The molecule has 0 bridgehead atoms. The first-order chi connectivity index (χ1) is 7.95. The number of hydrogen-bond acceptors (Lipinski definition) is 4. The fourth-order valence-corrected chi connectivity index (χ4v) is 1.51. The summed E-state index contributed by atoms with van der Waals surface area (Å²) in [7, 11) is 0. The Hall–Kier alpha value is -2.50. The molecule has 0 spiro atoms. The Morgan fingerprint density at radius 3 is 2.69 bits per heavy atom. The number of hydrogen-bond donors (Lipinski definition) is 0. The molecule has 0 N–H and O–H groups in total. The van der Waals surface area contributed by atoms with E-state index in [-0.39, 0.29) is 0 Å². The van der Waals surface area contributed by atoms with Gasteiger partial charge >= 0.3 is 0 Å². The number of benzene rings is 1. The van der Waals surface area contributed by atoms with Crippen LogP contribution in [-0.4, -0.2) is 29.8 Å². The Bertz CT molecular complexity index is 568. The maximum atomic E-state index is 4.22. The van der Waals surface area contributed by atoms with Crippen molar-refractivity contribution in [2.45, 2.75) is 0 Å². The van der Waals surface area contributed by atoms with Gasteiger partial charge in [-0.3, -0.25) is 4.57 Å². The molecule has 0 amide bonds. The van der Waals surface area contributed by atoms with Gasteiger partial charge in [0.2, 0.25) is 5.95 Å². The normalized spacial score (nSPS) is 10.5. The van der Waals surface area contributed by atoms with Crippen LogP contribution < -0.4 is 0 Å². The van der Waals surface area contributed by atoms with Crippen molar-refractivity contribution in [3.8, 4) is 11.6 Å². The van der Waals surface area contributed by atoms with Gasteiger partial charge in [-0.15, -0.1) is 5.10 Å². The van der Waals surface area contributed by atoms with Gasteiger partial charge in [0, 0.05) is 18.1 Å². The Balaban J connectivity index is 2.14. The zero-order chi connectivity index (χ0) is 10.8. The molecule has 0 unspecified atom stereocenters. The van der Waals surface area contributed by atoms with Gasteiger partial charge in [0.15, 0.2) is 0 Å². The van der Waals surface area contributed by atoms with Gasteiger partial charge in [0.05, 0.1) is 0 Å². The fourth-order valence-electron chi connectivity index (χ4n) is 1.51. The lowest BCUT2D eigenvalue weighted by Gasteiger charge is -2.05. The zero-order valence-corrected chi connectivity index (χ0v) is 8.30. The topological polar surface area (TPSA) is 61.4 Å². The molecule has 1 aromatic carbocycles. The molecule has 6 nitrogen and oxygen atoms in total. The number of tetrazole rings is 1. The number of imidazole rings is 1. The lowest BCUT2D eigenvalue weighted by atomic mass is 10.3. The second-order valence-electron chi connectivity index (χ2n) is 3.19. The molecule has 0 radical (unpaired) electrons. The van der Waals surface area contributed by atoms with E-state index >= 15 is 0 Å². The molecule has 2 heterocycles. The Kier molecular flexibility index (Phi) is 1.96. The molecule has 6 heteroatoms. The molecule has 0 atom stereocenters. The van der Waals surface area contributed by atoms with Gasteiger partial charge in [-0.05, 0) is 22.6 Å². The number of rotatable bonds is 2. The van der Waals surface area contributed by atoms with E-state index in [0.29, 0.717) is 5.95 Å². The maximum Gasteiger partial charge on any atom is 0.238 e. The van der Waals surface area contributed by atoms with Crippen LogP contribution in [0.2, 0.25) is 0 Å². The van der Waals surface area contributed by atoms with E-state index in [9.17, 15) is 0 Å². The van der Waals surface area contributed by atoms with E-state index in [1.165, 1.54) is 11.0 Å². The van der Waals surface area contributed by atoms with Gasteiger partial charge < -0.3 is 0 Å². The van der Waals surface area contributed by atoms with Crippen molar-refractivity contribution >= 4 is 0 Å². The molecule has 0 fully saturated rings. The van der Waals surface area contributed by atoms with Crippen molar-refractivity contribution in [2.75, 3.05) is 0 Å². The summed E-state index contributed by atoms with van der Waals surface area (Å²) in [6.45, 7) is 0. The van der Waals surface area contributed by atoms with Crippen LogP contribution in [0.4, 0.5) is 0 Å². The smallest absolute Gasteiger partial charge is 0.238 e. The van der Waals surface area contributed by atoms with Crippen molar-refractivity contribution in [3.63, 3.8) is 0 Å². The SMILES string of the molecule is c1ccc(-n2ccnc2-n2cnnn2)cc1. The third kappa shape index (κ3) is 1.36. The molecule has 3 aromatic rings. The molecule has 0 saturated heterocycles. The standard InChI is InChI=1S/C10H8N6/c1-2-4-9(5-3-1)15-7-6-11-10(15)16-8-12-13-14-16/h1-8H. The van der Waals surface area contributed by atoms with Crippen LogP contribution >= 0.6 is 0 Å². The van der Waals surface area contributed by atoms with Gasteiger partial charge in [-0.2, -0.15) is 4.68 Å². The minimum atomic E-state index is 0.663. The van der Waals surface area contributed by atoms with Crippen LogP contribution in [0.3, 0.4) is 0 Å². The van der Waals surface area contributed by atoms with Gasteiger partial charge in [-0.1, -0.05) is 18.2 Å². The first kappa shape index (κ1) is 8.78. The number of para-hydroxylation sites is 1. The number of nitrogens with zero attached hydrogens (tertiary/aromatic N) is 6. The van der Waals surface area contributed by atoms with Crippen LogP contribution in [0.25, 0.3) is 11.6 Å². The summed E-state index contributed by atoms with van der Waals surface area (Å²) in [6.07, 6.45) is 5.10. The third-order valence-electron chi connectivity index (χ3n) is 2.21. The van der Waals surface area contributed by atoms with Crippen molar-refractivity contribution in [1.29, 1.82) is 0 Å². The molecular formula is C10H8N6. The van der Waals surface area contributed by atoms with E-state index in [2.05, 4.69) is 20.5 Å². The molecule has 0 saturated carbocycles. The highest BCUT2D eigenvalue weighted by atomic mass is 15.6. The Morgan fingerprint density at radius 2 is 1.94 bits per heavy atom. The molecule has 0 aliphatic carbocycles. The van der Waals surface area contributed by atoms with Crippen molar-refractivity contribution < 1.29 is 0 Å². The second kappa shape index (κ2) is 3.58. The fraction of sp³-hybridized carbons (Fsp3) is 0. The maximum absolute atomic E-state index is 4.22. The van der Waals surface area contributed by atoms with Crippen molar-refractivity contribution in [3.05, 3.63) is 49.1 Å². The third-order valence-corrected chi connectivity index (χ3v) is 2.21. The van der Waals surface area contributed by atoms with Crippen molar-refractivity contribution in [1.82, 2.24) is 29.8 Å². The highest BCUT2D eigenvalue weighted by molar-refractivity contribution is 5.36. The molecule has 0 aliphatic heterocycles. The highest BCUT2D eigenvalue weighted by Crippen LogP contribution is 2.11. The highest BCUT2D eigenvalue weighted by Gasteiger charge is 2.07. The van der Waals surface area contributed by atoms with Crippen LogP contribution in [0, 0.1) is 0 Å². The van der Waals surface area contributed by atoms with Crippen LogP contribution in [0.1, 0.15) is 0 Å². The minimum absolute atomic E-state index is 0.663. The van der Waals surface area contributed by atoms with Gasteiger partial charge in [0.1, 0.15) is 6.33 Å². The first-order valence-electron chi connectivity index (χ1n) is 4.77. The van der Waals surface area contributed by atoms with Gasteiger partial charge in [-0.25, -0.2) is 4.98 Å². The predicted molar refractivity (Wildman–Crippen MR) is 56.3 cm³/mol. The van der Waals surface area contributed by atoms with Crippen LogP contribution in [0.15, 0.2) is 49.1 Å². The number of aromatic nitrogens is 6. The summed E-state index contributed by atoms with van der Waals surface area (Å²) in [5.41, 5.74) is 1.02. The largest absolute Gasteiger partial charge is 0.284 e. The molecule has 3 rings (SSSR count). The predicted octanol–water partition coefficient (Wildman–Crippen LogP) is 0.848. The summed E-state index contributed by atoms with van der Waals surface area (Å²) in [6, 6.07) is 9.90. The van der Waals surface area contributed by atoms with Crippen molar-refractivity contribution in [2.24, 2.45) is 0 Å². The lowest BCUT2D eigenvalue weighted by molar-refractivity contribution is 0.736. The quantitative estimate of drug-likeness (QED) is 0.631. The second-order valence-corrected chi connectivity index (χ2v) is 3.19. The minimum Gasteiger partial charge on any atom is -0.284 e. The molecule has 78 valence electrons. The Labute approximate surface area is 91.2 Å². The Morgan fingerprint density at radius 1 is 1.06 bits per heavy atom. The average Bonchev–Trinajstić information content (AvgIpc) is 3.01. The summed E-state index contributed by atoms with van der Waals surface area (Å²) in [5.74, 6) is 0.663. The van der Waals surface area contributed by atoms with E-state index in [1.807, 2.05) is 41.1 Å². The zero-order valence-electron chi connectivity index (χ0n) is 8.30. The molecular weight excluding hydrogens is 204 g/mol. The van der Waals surface area contributed by atoms with Crippen LogP contribution in [0.5, 0.6) is 0 Å². The molecule has 16 heavy (non-hydrogen) atoms. The van der Waals surface area contributed by atoms with Crippen LogP contribution in [-0.2, 0) is 0 Å². The van der Waals surface area contributed by atoms with E-state index in [1.54, 1.807) is 6.20 Å². The summed E-state index contributed by atoms with van der Waals surface area (Å²) in [5, 5.41) is 11.0. The summed E-state index contributed by atoms with van der Waals surface area (Å²) < 4.78 is 3.43.